The van der Waals surface area contributed by atoms with E-state index in [2.05, 4.69) is 5.32 Å². The van der Waals surface area contributed by atoms with E-state index in [1.807, 2.05) is 57.2 Å². The van der Waals surface area contributed by atoms with Crippen LogP contribution in [0.15, 0.2) is 51.7 Å². The summed E-state index contributed by atoms with van der Waals surface area (Å²) in [5.41, 5.74) is 2.85. The number of carbonyl (C=O) groups is 1. The van der Waals surface area contributed by atoms with E-state index in [-0.39, 0.29) is 24.5 Å². The quantitative estimate of drug-likeness (QED) is 0.579. The van der Waals surface area contributed by atoms with Crippen molar-refractivity contribution in [2.75, 3.05) is 6.61 Å². The van der Waals surface area contributed by atoms with Gasteiger partial charge in [0.15, 0.2) is 0 Å². The van der Waals surface area contributed by atoms with E-state index in [1.54, 1.807) is 6.07 Å². The van der Waals surface area contributed by atoms with Crippen molar-refractivity contribution in [1.82, 2.24) is 5.32 Å². The van der Waals surface area contributed by atoms with Gasteiger partial charge in [-0.3, -0.25) is 4.79 Å². The number of aliphatic hydroxyl groups is 1. The molecule has 0 fully saturated rings. The zero-order valence-electron chi connectivity index (χ0n) is 18.7. The lowest BCUT2D eigenvalue weighted by Gasteiger charge is -2.32. The Morgan fingerprint density at radius 3 is 2.69 bits per heavy atom. The van der Waals surface area contributed by atoms with E-state index in [9.17, 15) is 14.7 Å². The van der Waals surface area contributed by atoms with Crippen LogP contribution in [0.3, 0.4) is 0 Å². The molecule has 0 spiro atoms. The topological polar surface area (TPSA) is 88.8 Å². The fraction of sp³-hybridized carbons (Fsp3) is 0.385. The number of ether oxygens (including phenoxy) is 1. The summed E-state index contributed by atoms with van der Waals surface area (Å²) in [7, 11) is 0. The van der Waals surface area contributed by atoms with Crippen LogP contribution < -0.4 is 15.7 Å². The Labute approximate surface area is 187 Å². The third kappa shape index (κ3) is 4.70. The predicted molar refractivity (Wildman–Crippen MR) is 123 cm³/mol. The fourth-order valence-corrected chi connectivity index (χ4v) is 4.24. The standard InChI is InChI=1S/C26H29NO5/c1-16-20-12-18-9-10-26(2,3)32-22(18)14-23(20)31-25(30)21(16)13-24(29)27-19(15-28)11-17-7-5-4-6-8-17/h4-8,12,14,19,28H,9-11,13,15H2,1-3H3,(H,27,29). The van der Waals surface area contributed by atoms with Crippen molar-refractivity contribution in [3.8, 4) is 5.75 Å². The van der Waals surface area contributed by atoms with Crippen molar-refractivity contribution in [3.05, 3.63) is 75.1 Å². The number of nitrogens with one attached hydrogen (secondary N) is 1. The van der Waals surface area contributed by atoms with Crippen molar-refractivity contribution in [1.29, 1.82) is 0 Å². The summed E-state index contributed by atoms with van der Waals surface area (Å²) in [6.45, 7) is 5.74. The largest absolute Gasteiger partial charge is 0.487 e. The molecular formula is C26H29NO5. The maximum Gasteiger partial charge on any atom is 0.340 e. The molecule has 2 N–H and O–H groups in total. The first-order chi connectivity index (χ1) is 15.3. The summed E-state index contributed by atoms with van der Waals surface area (Å²) < 4.78 is 11.6. The smallest absolute Gasteiger partial charge is 0.340 e. The molecule has 3 aromatic rings. The van der Waals surface area contributed by atoms with Crippen LogP contribution in [0.4, 0.5) is 0 Å². The van der Waals surface area contributed by atoms with Gasteiger partial charge in [0.05, 0.1) is 24.6 Å². The van der Waals surface area contributed by atoms with Crippen LogP contribution in [0.25, 0.3) is 11.0 Å². The average molecular weight is 436 g/mol. The van der Waals surface area contributed by atoms with Crippen molar-refractivity contribution >= 4 is 16.9 Å². The number of carbonyl (C=O) groups excluding carboxylic acids is 1. The van der Waals surface area contributed by atoms with Crippen LogP contribution in [0.5, 0.6) is 5.75 Å². The van der Waals surface area contributed by atoms with Crippen molar-refractivity contribution in [3.63, 3.8) is 0 Å². The number of fused-ring (bicyclic) bond motifs is 2. The van der Waals surface area contributed by atoms with Crippen LogP contribution in [-0.4, -0.2) is 29.3 Å². The highest BCUT2D eigenvalue weighted by Crippen LogP contribution is 2.36. The molecular weight excluding hydrogens is 406 g/mol. The Morgan fingerprint density at radius 2 is 1.97 bits per heavy atom. The number of hydrogen-bond acceptors (Lipinski definition) is 5. The molecule has 1 aliphatic rings. The SMILES string of the molecule is Cc1c(CC(=O)NC(CO)Cc2ccccc2)c(=O)oc2cc3c(cc12)CCC(C)(C)O3. The molecule has 0 bridgehead atoms. The minimum Gasteiger partial charge on any atom is -0.487 e. The summed E-state index contributed by atoms with van der Waals surface area (Å²) in [6.07, 6.45) is 2.19. The number of hydrogen-bond donors (Lipinski definition) is 2. The Kier molecular flexibility index (Phi) is 6.07. The Bertz CT molecular complexity index is 1200. The molecule has 1 aromatic heterocycles. The van der Waals surface area contributed by atoms with Crippen LogP contribution in [0.2, 0.25) is 0 Å². The first kappa shape index (κ1) is 22.1. The zero-order valence-corrected chi connectivity index (χ0v) is 18.7. The molecule has 1 atom stereocenters. The monoisotopic (exact) mass is 435 g/mol. The van der Waals surface area contributed by atoms with E-state index in [1.165, 1.54) is 0 Å². The van der Waals surface area contributed by atoms with E-state index in [4.69, 9.17) is 9.15 Å². The maximum absolute atomic E-state index is 12.7. The van der Waals surface area contributed by atoms with E-state index >= 15 is 0 Å². The van der Waals surface area contributed by atoms with Crippen LogP contribution in [0.1, 0.15) is 42.5 Å². The molecule has 1 aliphatic heterocycles. The Hall–Kier alpha value is -3.12. The minimum atomic E-state index is -0.524. The number of benzene rings is 2. The third-order valence-corrected chi connectivity index (χ3v) is 6.10. The average Bonchev–Trinajstić information content (AvgIpc) is 2.75. The highest BCUT2D eigenvalue weighted by Gasteiger charge is 2.28. The predicted octanol–water partition coefficient (Wildman–Crippen LogP) is 3.47. The molecule has 6 nitrogen and oxygen atoms in total. The first-order valence-electron chi connectivity index (χ1n) is 11.0. The molecule has 6 heteroatoms. The molecule has 1 unspecified atom stereocenters. The lowest BCUT2D eigenvalue weighted by molar-refractivity contribution is -0.121. The maximum atomic E-state index is 12.7. The van der Waals surface area contributed by atoms with E-state index in [0.29, 0.717) is 17.6 Å². The van der Waals surface area contributed by atoms with Crippen molar-refractivity contribution in [2.24, 2.45) is 0 Å². The molecule has 32 heavy (non-hydrogen) atoms. The van der Waals surface area contributed by atoms with Gasteiger partial charge in [0, 0.05) is 11.5 Å². The van der Waals surface area contributed by atoms with Gasteiger partial charge in [-0.15, -0.1) is 0 Å². The van der Waals surface area contributed by atoms with E-state index in [0.717, 1.165) is 40.7 Å². The van der Waals surface area contributed by atoms with Gasteiger partial charge in [0.2, 0.25) is 5.91 Å². The van der Waals surface area contributed by atoms with Gasteiger partial charge in [0.25, 0.3) is 0 Å². The lowest BCUT2D eigenvalue weighted by atomic mass is 9.92. The molecule has 0 aliphatic carbocycles. The number of rotatable bonds is 6. The van der Waals surface area contributed by atoms with Gasteiger partial charge in [-0.25, -0.2) is 4.79 Å². The molecule has 2 heterocycles. The van der Waals surface area contributed by atoms with Crippen LogP contribution in [0, 0.1) is 6.92 Å². The molecule has 0 saturated heterocycles. The highest BCUT2D eigenvalue weighted by molar-refractivity contribution is 5.86. The summed E-state index contributed by atoms with van der Waals surface area (Å²) in [4.78, 5) is 25.4. The summed E-state index contributed by atoms with van der Waals surface area (Å²) in [6, 6.07) is 13.0. The summed E-state index contributed by atoms with van der Waals surface area (Å²) in [5, 5.41) is 13.3. The van der Waals surface area contributed by atoms with E-state index < -0.39 is 11.7 Å². The van der Waals surface area contributed by atoms with Gasteiger partial charge in [-0.2, -0.15) is 0 Å². The number of amides is 1. The fourth-order valence-electron chi connectivity index (χ4n) is 4.24. The highest BCUT2D eigenvalue weighted by atomic mass is 16.5. The molecule has 1 amide bonds. The van der Waals surface area contributed by atoms with Gasteiger partial charge >= 0.3 is 5.63 Å². The third-order valence-electron chi connectivity index (χ3n) is 6.10. The minimum absolute atomic E-state index is 0.101. The van der Waals surface area contributed by atoms with Gasteiger partial charge < -0.3 is 19.6 Å². The van der Waals surface area contributed by atoms with Crippen LogP contribution >= 0.6 is 0 Å². The van der Waals surface area contributed by atoms with Crippen molar-refractivity contribution < 1.29 is 19.1 Å². The van der Waals surface area contributed by atoms with Gasteiger partial charge in [0.1, 0.15) is 16.9 Å². The second kappa shape index (κ2) is 8.79. The molecule has 0 radical (unpaired) electrons. The summed E-state index contributed by atoms with van der Waals surface area (Å²) >= 11 is 0. The van der Waals surface area contributed by atoms with Crippen LogP contribution in [-0.2, 0) is 24.1 Å². The summed E-state index contributed by atoms with van der Waals surface area (Å²) in [5.74, 6) is 0.422. The molecule has 4 rings (SSSR count). The second-order valence-electron chi connectivity index (χ2n) is 9.12. The molecule has 168 valence electrons. The number of aryl methyl sites for hydroxylation is 2. The second-order valence-corrected chi connectivity index (χ2v) is 9.12. The lowest BCUT2D eigenvalue weighted by Crippen LogP contribution is -2.40. The zero-order chi connectivity index (χ0) is 22.9. The normalized spacial score (nSPS) is 15.6. The Morgan fingerprint density at radius 1 is 1.22 bits per heavy atom. The number of aliphatic hydroxyl groups excluding tert-OH is 1. The first-order valence-corrected chi connectivity index (χ1v) is 11.0. The Balaban J connectivity index is 1.56. The molecule has 2 aromatic carbocycles. The van der Waals surface area contributed by atoms with Gasteiger partial charge in [-0.05, 0) is 62.8 Å². The van der Waals surface area contributed by atoms with Crippen molar-refractivity contribution in [2.45, 2.75) is 58.1 Å². The van der Waals surface area contributed by atoms with Gasteiger partial charge in [-0.1, -0.05) is 30.3 Å². The molecule has 0 saturated carbocycles.